The number of anilines is 1. The average molecular weight is 713 g/mol. The highest BCUT2D eigenvalue weighted by molar-refractivity contribution is 7.14. The van der Waals surface area contributed by atoms with E-state index in [0.717, 1.165) is 43.8 Å². The number of methoxy groups -OCH3 is 2. The zero-order valence-electron chi connectivity index (χ0n) is 26.4. The van der Waals surface area contributed by atoms with E-state index in [2.05, 4.69) is 4.90 Å². The van der Waals surface area contributed by atoms with Gasteiger partial charge in [0.15, 0.2) is 23.9 Å². The first-order valence-electron chi connectivity index (χ1n) is 15.5. The van der Waals surface area contributed by atoms with Crippen LogP contribution in [0.5, 0.6) is 11.5 Å². The predicted molar refractivity (Wildman–Crippen MR) is 184 cm³/mol. The van der Waals surface area contributed by atoms with E-state index in [0.29, 0.717) is 49.4 Å². The summed E-state index contributed by atoms with van der Waals surface area (Å²) in [5.74, 6) is -0.398. The van der Waals surface area contributed by atoms with Crippen molar-refractivity contribution in [3.63, 3.8) is 0 Å². The second kappa shape index (κ2) is 14.6. The molecule has 2 atom stereocenters. The molecule has 1 N–H and O–H groups in total. The van der Waals surface area contributed by atoms with Crippen LogP contribution in [0.4, 0.5) is 10.5 Å². The zero-order valence-corrected chi connectivity index (χ0v) is 28.8. The van der Waals surface area contributed by atoms with Gasteiger partial charge in [0.2, 0.25) is 0 Å². The van der Waals surface area contributed by atoms with Crippen molar-refractivity contribution in [2.24, 2.45) is 5.92 Å². The van der Waals surface area contributed by atoms with Crippen LogP contribution >= 0.6 is 34.5 Å². The maximum atomic E-state index is 13.8. The normalized spacial score (nSPS) is 19.0. The molecule has 2 bridgehead atoms. The van der Waals surface area contributed by atoms with Gasteiger partial charge in [0, 0.05) is 28.6 Å². The summed E-state index contributed by atoms with van der Waals surface area (Å²) < 4.78 is 17.7. The Labute approximate surface area is 292 Å². The molecule has 13 heteroatoms. The number of carbonyl (C=O) groups is 2. The number of para-hydroxylation sites is 1. The van der Waals surface area contributed by atoms with Gasteiger partial charge in [-0.2, -0.15) is 4.73 Å². The topological polar surface area (TPSA) is 115 Å². The summed E-state index contributed by atoms with van der Waals surface area (Å²) in [6.07, 6.45) is 3.94. The van der Waals surface area contributed by atoms with Gasteiger partial charge in [0.05, 0.1) is 20.8 Å². The number of thiophene rings is 1. The molecule has 3 aliphatic heterocycles. The van der Waals surface area contributed by atoms with Gasteiger partial charge in [-0.3, -0.25) is 9.80 Å². The van der Waals surface area contributed by atoms with E-state index in [4.69, 9.17) is 37.4 Å². The summed E-state index contributed by atoms with van der Waals surface area (Å²) in [6.45, 7) is 2.86. The number of carboxylic acid groups (broad SMARTS) is 1. The largest absolute Gasteiger partial charge is 0.619 e. The van der Waals surface area contributed by atoms with Gasteiger partial charge in [-0.1, -0.05) is 47.5 Å². The number of hydrogen-bond acceptors (Lipinski definition) is 8. The number of hydrogen-bond donors (Lipinski definition) is 1. The number of pyridine rings is 1. The summed E-state index contributed by atoms with van der Waals surface area (Å²) >= 11 is 14.1. The highest BCUT2D eigenvalue weighted by atomic mass is 35.5. The Morgan fingerprint density at radius 3 is 2.33 bits per heavy atom. The van der Waals surface area contributed by atoms with Crippen LogP contribution in [-0.2, 0) is 17.7 Å². The summed E-state index contributed by atoms with van der Waals surface area (Å²) in [5.41, 5.74) is 2.34. The van der Waals surface area contributed by atoms with Crippen molar-refractivity contribution >= 4 is 52.3 Å². The van der Waals surface area contributed by atoms with E-state index < -0.39 is 18.0 Å². The van der Waals surface area contributed by atoms with Crippen molar-refractivity contribution in [1.82, 2.24) is 4.90 Å². The zero-order chi connectivity index (χ0) is 33.9. The third-order valence-corrected chi connectivity index (χ3v) is 10.9. The van der Waals surface area contributed by atoms with Crippen molar-refractivity contribution < 1.29 is 33.6 Å². The Morgan fingerprint density at radius 2 is 1.73 bits per heavy atom. The molecular weight excluding hydrogens is 677 g/mol. The summed E-state index contributed by atoms with van der Waals surface area (Å²) in [4.78, 5) is 31.3. The molecule has 0 aliphatic carbocycles. The number of aromatic carboxylic acids is 1. The number of carboxylic acids is 1. The summed E-state index contributed by atoms with van der Waals surface area (Å²) in [6, 6.07) is 16.4. The van der Waals surface area contributed by atoms with Crippen LogP contribution in [0, 0.1) is 11.1 Å². The molecule has 4 aromatic rings. The first-order valence-corrected chi connectivity index (χ1v) is 17.1. The molecule has 3 fully saturated rings. The number of nitrogens with zero attached hydrogens (tertiary/aromatic N) is 3. The first kappa shape index (κ1) is 33.9. The smallest absolute Gasteiger partial charge is 0.414 e. The Balaban J connectivity index is 1.39. The lowest BCUT2D eigenvalue weighted by Gasteiger charge is -2.44. The molecule has 3 saturated heterocycles. The molecule has 0 unspecified atom stereocenters. The maximum absolute atomic E-state index is 13.8. The van der Waals surface area contributed by atoms with Crippen molar-refractivity contribution in [2.75, 3.05) is 38.8 Å². The second-order valence-electron chi connectivity index (χ2n) is 11.9. The molecule has 0 spiro atoms. The van der Waals surface area contributed by atoms with Crippen LogP contribution in [0.3, 0.4) is 0 Å². The monoisotopic (exact) mass is 711 g/mol. The molecule has 2 aromatic carbocycles. The lowest BCUT2D eigenvalue weighted by Crippen LogP contribution is -2.53. The van der Waals surface area contributed by atoms with Gasteiger partial charge in [-0.05, 0) is 79.7 Å². The summed E-state index contributed by atoms with van der Waals surface area (Å²) in [5, 5.41) is 22.8. The van der Waals surface area contributed by atoms with Crippen LogP contribution in [0.2, 0.25) is 10.0 Å². The van der Waals surface area contributed by atoms with Crippen molar-refractivity contribution in [3.8, 4) is 11.5 Å². The number of benzene rings is 2. The van der Waals surface area contributed by atoms with E-state index in [1.165, 1.54) is 26.6 Å². The van der Waals surface area contributed by atoms with Crippen LogP contribution in [0.25, 0.3) is 0 Å². The molecule has 48 heavy (non-hydrogen) atoms. The number of halogens is 2. The molecule has 5 heterocycles. The van der Waals surface area contributed by atoms with E-state index in [1.807, 2.05) is 42.5 Å². The molecule has 3 aliphatic rings. The quantitative estimate of drug-likeness (QED) is 0.130. The van der Waals surface area contributed by atoms with Crippen molar-refractivity contribution in [2.45, 2.75) is 37.8 Å². The van der Waals surface area contributed by atoms with Crippen molar-refractivity contribution in [1.29, 1.82) is 0 Å². The summed E-state index contributed by atoms with van der Waals surface area (Å²) in [7, 11) is 3.05. The van der Waals surface area contributed by atoms with Gasteiger partial charge in [-0.15, -0.1) is 11.3 Å². The standard InChI is InChI=1S/C35H35Cl2N3O7S/c1-45-30-9-8-22(14-31(30)46-2)25(16-27-28(36)18-39(44)19-29(27)37)26-15-24(48-33(26)34(41)42)17-40(23-6-4-3-5-7-23)35(43)47-32-20-38-12-10-21(32)11-13-38/h3-9,14-15,18-19,21,25,32H,10-13,16-17,20H2,1-2H3,(H,41,42)/t25-,32-/m0/s1. The Bertz CT molecular complexity index is 1770. The van der Waals surface area contributed by atoms with Gasteiger partial charge in [-0.25, -0.2) is 9.59 Å². The van der Waals surface area contributed by atoms with E-state index in [1.54, 1.807) is 17.0 Å². The van der Waals surface area contributed by atoms with Gasteiger partial charge >= 0.3 is 12.1 Å². The fourth-order valence-electron chi connectivity index (χ4n) is 6.63. The highest BCUT2D eigenvalue weighted by Crippen LogP contribution is 2.41. The van der Waals surface area contributed by atoms with Crippen LogP contribution in [0.1, 0.15) is 50.0 Å². The molecule has 2 aromatic heterocycles. The number of fused-ring (bicyclic) bond motifs is 3. The molecular formula is C35H35Cl2N3O7S. The lowest BCUT2D eigenvalue weighted by atomic mass is 9.85. The van der Waals surface area contributed by atoms with Crippen LogP contribution in [0.15, 0.2) is 67.0 Å². The number of ether oxygens (including phenoxy) is 3. The third-order valence-electron chi connectivity index (χ3n) is 9.11. The molecule has 252 valence electrons. The second-order valence-corrected chi connectivity index (χ2v) is 13.9. The maximum Gasteiger partial charge on any atom is 0.414 e. The molecule has 1 amide bonds. The number of piperidine rings is 3. The number of rotatable bonds is 11. The molecule has 0 saturated carbocycles. The number of amides is 1. The van der Waals surface area contributed by atoms with Gasteiger partial charge in [0.1, 0.15) is 21.0 Å². The van der Waals surface area contributed by atoms with E-state index in [-0.39, 0.29) is 34.0 Å². The Morgan fingerprint density at radius 1 is 1.04 bits per heavy atom. The molecule has 7 rings (SSSR count). The van der Waals surface area contributed by atoms with Crippen molar-refractivity contribution in [3.05, 3.63) is 109 Å². The minimum atomic E-state index is -1.12. The van der Waals surface area contributed by atoms with E-state index >= 15 is 0 Å². The van der Waals surface area contributed by atoms with Crippen LogP contribution < -0.4 is 19.1 Å². The van der Waals surface area contributed by atoms with Crippen LogP contribution in [-0.4, -0.2) is 62.0 Å². The fourth-order valence-corrected chi connectivity index (χ4v) is 8.28. The third kappa shape index (κ3) is 7.19. The SMILES string of the molecule is COc1ccc([C@H](Cc2c(Cl)c[n+]([O-])cc2Cl)c2cc(CN(C(=O)O[C@H]3CN4CCC3CC4)c3ccccc3)sc2C(=O)O)cc1OC. The van der Waals surface area contributed by atoms with Gasteiger partial charge < -0.3 is 24.5 Å². The average Bonchev–Trinajstić information content (AvgIpc) is 3.51. The predicted octanol–water partition coefficient (Wildman–Crippen LogP) is 7.02. The Hall–Kier alpha value is -4.03. The van der Waals surface area contributed by atoms with E-state index in [9.17, 15) is 19.9 Å². The number of carbonyl (C=O) groups excluding carboxylic acids is 1. The van der Waals surface area contributed by atoms with Gasteiger partial charge in [0.25, 0.3) is 0 Å². The molecule has 0 radical (unpaired) electrons. The highest BCUT2D eigenvalue weighted by Gasteiger charge is 2.38. The lowest BCUT2D eigenvalue weighted by molar-refractivity contribution is -0.605. The minimum absolute atomic E-state index is 0.0938. The minimum Gasteiger partial charge on any atom is -0.619 e. The Kier molecular flexibility index (Phi) is 10.3. The fraction of sp³-hybridized carbons (Fsp3) is 0.343. The number of aromatic nitrogens is 1. The molecule has 10 nitrogen and oxygen atoms in total. The first-order chi connectivity index (χ1) is 23.1.